The number of carboxylic acids is 1. The van der Waals surface area contributed by atoms with Crippen molar-refractivity contribution in [1.29, 1.82) is 0 Å². The highest BCUT2D eigenvalue weighted by molar-refractivity contribution is 5.88. The molecule has 2 aliphatic heterocycles. The van der Waals surface area contributed by atoms with E-state index in [4.69, 9.17) is 14.2 Å². The van der Waals surface area contributed by atoms with Gasteiger partial charge in [-0.2, -0.15) is 13.2 Å². The largest absolute Gasteiger partial charge is 0.481 e. The number of pyridine rings is 1. The molecule has 5 atom stereocenters. The van der Waals surface area contributed by atoms with Crippen LogP contribution in [0.2, 0.25) is 0 Å². The molecule has 44 heavy (non-hydrogen) atoms. The van der Waals surface area contributed by atoms with Gasteiger partial charge in [0.05, 0.1) is 31.4 Å². The minimum absolute atomic E-state index is 0.0343. The number of likely N-dealkylation sites (tertiary alicyclic amines) is 1. The topological polar surface area (TPSA) is 98.2 Å². The number of carbonyl (C=O) groups excluding carboxylic acids is 1. The standard InChI is InChI=1S/C33H43F3N2O6/c1-31(2,3)21-12-10-11-19(15-21)25-27(44-18-20-16-22(33(34,35)36)17-37-28(20)42-7)24(32(4,5)6)26(30(40)41)38(25)29(39)23-13-8-9-14-43-23/h10-12,15-17,23-27H,8-9,13-14,18H2,1-7H3,(H,40,41)/t23-,24+,25-,26-,27-/m0/s1. The van der Waals surface area contributed by atoms with Crippen LogP contribution in [-0.4, -0.2) is 58.8 Å². The molecule has 4 rings (SSSR count). The van der Waals surface area contributed by atoms with Crippen molar-refractivity contribution in [1.82, 2.24) is 9.88 Å². The molecule has 3 heterocycles. The molecular weight excluding hydrogens is 577 g/mol. The molecule has 1 aromatic carbocycles. The highest BCUT2D eigenvalue weighted by Crippen LogP contribution is 2.51. The van der Waals surface area contributed by atoms with Crippen molar-refractivity contribution in [2.45, 2.75) is 103 Å². The highest BCUT2D eigenvalue weighted by Gasteiger charge is 2.59. The number of alkyl halides is 3. The summed E-state index contributed by atoms with van der Waals surface area (Å²) in [5, 5.41) is 10.7. The predicted molar refractivity (Wildman–Crippen MR) is 157 cm³/mol. The number of nitrogens with zero attached hydrogens (tertiary/aromatic N) is 2. The molecule has 0 saturated carbocycles. The van der Waals surface area contributed by atoms with Gasteiger partial charge in [-0.3, -0.25) is 4.79 Å². The number of halogens is 3. The van der Waals surface area contributed by atoms with E-state index in [1.165, 1.54) is 12.0 Å². The van der Waals surface area contributed by atoms with Gasteiger partial charge in [0.25, 0.3) is 5.91 Å². The van der Waals surface area contributed by atoms with Gasteiger partial charge in [0.2, 0.25) is 5.88 Å². The third-order valence-corrected chi connectivity index (χ3v) is 8.54. The number of carbonyl (C=O) groups is 2. The van der Waals surface area contributed by atoms with Crippen LogP contribution in [0.25, 0.3) is 0 Å². The number of aromatic nitrogens is 1. The van der Waals surface area contributed by atoms with E-state index < -0.39 is 59.2 Å². The van der Waals surface area contributed by atoms with Crippen LogP contribution < -0.4 is 4.74 Å². The lowest BCUT2D eigenvalue weighted by Gasteiger charge is -2.35. The molecule has 0 bridgehead atoms. The number of hydrogen-bond donors (Lipinski definition) is 1. The number of rotatable bonds is 7. The van der Waals surface area contributed by atoms with E-state index in [1.54, 1.807) is 0 Å². The summed E-state index contributed by atoms with van der Waals surface area (Å²) in [7, 11) is 1.30. The van der Waals surface area contributed by atoms with Gasteiger partial charge in [0, 0.05) is 24.3 Å². The van der Waals surface area contributed by atoms with E-state index in [1.807, 2.05) is 45.0 Å². The summed E-state index contributed by atoms with van der Waals surface area (Å²) in [5.74, 6) is -2.38. The predicted octanol–water partition coefficient (Wildman–Crippen LogP) is 6.56. The number of aliphatic carboxylic acids is 1. The maximum absolute atomic E-state index is 14.3. The first-order valence-corrected chi connectivity index (χ1v) is 14.9. The third-order valence-electron chi connectivity index (χ3n) is 8.54. The van der Waals surface area contributed by atoms with Crippen LogP contribution in [0.15, 0.2) is 36.5 Å². The van der Waals surface area contributed by atoms with Gasteiger partial charge in [-0.05, 0) is 47.3 Å². The molecule has 1 amide bonds. The zero-order valence-corrected chi connectivity index (χ0v) is 26.4. The monoisotopic (exact) mass is 620 g/mol. The van der Waals surface area contributed by atoms with Crippen LogP contribution in [0.4, 0.5) is 13.2 Å². The Morgan fingerprint density at radius 2 is 1.77 bits per heavy atom. The Labute approximate surface area is 256 Å². The van der Waals surface area contributed by atoms with Crippen molar-refractivity contribution in [2.75, 3.05) is 13.7 Å². The number of carboxylic acid groups (broad SMARTS) is 1. The van der Waals surface area contributed by atoms with Gasteiger partial charge >= 0.3 is 12.1 Å². The second-order valence-corrected chi connectivity index (χ2v) is 13.8. The summed E-state index contributed by atoms with van der Waals surface area (Å²) < 4.78 is 58.4. The Hall–Kier alpha value is -3.18. The summed E-state index contributed by atoms with van der Waals surface area (Å²) in [5.41, 5.74) is -0.182. The second kappa shape index (κ2) is 12.7. The maximum atomic E-state index is 14.3. The fraction of sp³-hybridized carbons (Fsp3) is 0.606. The molecule has 242 valence electrons. The van der Waals surface area contributed by atoms with Crippen LogP contribution in [0.1, 0.15) is 89.1 Å². The molecule has 1 N–H and O–H groups in total. The van der Waals surface area contributed by atoms with E-state index in [-0.39, 0.29) is 23.5 Å². The first-order chi connectivity index (χ1) is 20.4. The molecular formula is C33H43F3N2O6. The van der Waals surface area contributed by atoms with Crippen molar-refractivity contribution >= 4 is 11.9 Å². The van der Waals surface area contributed by atoms with Crippen LogP contribution in [0.3, 0.4) is 0 Å². The van der Waals surface area contributed by atoms with Gasteiger partial charge in [0.1, 0.15) is 12.1 Å². The quantitative estimate of drug-likeness (QED) is 0.374. The lowest BCUT2D eigenvalue weighted by molar-refractivity contribution is -0.159. The van der Waals surface area contributed by atoms with E-state index >= 15 is 0 Å². The summed E-state index contributed by atoms with van der Waals surface area (Å²) in [4.78, 5) is 32.6. The van der Waals surface area contributed by atoms with Crippen molar-refractivity contribution < 1.29 is 42.1 Å². The van der Waals surface area contributed by atoms with Crippen LogP contribution in [-0.2, 0) is 37.3 Å². The van der Waals surface area contributed by atoms with Gasteiger partial charge in [-0.25, -0.2) is 9.78 Å². The van der Waals surface area contributed by atoms with E-state index in [2.05, 4.69) is 25.8 Å². The average molecular weight is 621 g/mol. The molecule has 0 radical (unpaired) electrons. The van der Waals surface area contributed by atoms with Gasteiger partial charge in [0.15, 0.2) is 0 Å². The molecule has 1 aromatic heterocycles. The van der Waals surface area contributed by atoms with Gasteiger partial charge in [-0.1, -0.05) is 65.8 Å². The summed E-state index contributed by atoms with van der Waals surface area (Å²) >= 11 is 0. The van der Waals surface area contributed by atoms with Gasteiger partial charge in [-0.15, -0.1) is 0 Å². The van der Waals surface area contributed by atoms with Crippen LogP contribution >= 0.6 is 0 Å². The Morgan fingerprint density at radius 3 is 2.32 bits per heavy atom. The normalized spacial score (nSPS) is 24.8. The number of amides is 1. The molecule has 2 aromatic rings. The Bertz CT molecular complexity index is 1340. The maximum Gasteiger partial charge on any atom is 0.417 e. The Kier molecular flexibility index (Phi) is 9.71. The SMILES string of the molecule is COc1ncc(C(F)(F)F)cc1CO[C@H]1[C@H](C(C)(C)C)[C@@H](C(=O)O)N(C(=O)[C@@H]2CCCCO2)[C@H]1c1cccc(C(C)(C)C)c1. The second-order valence-electron chi connectivity index (χ2n) is 13.8. The zero-order chi connectivity index (χ0) is 32.6. The van der Waals surface area contributed by atoms with E-state index in [0.29, 0.717) is 24.8 Å². The molecule has 11 heteroatoms. The Morgan fingerprint density at radius 1 is 1.07 bits per heavy atom. The number of hydrogen-bond acceptors (Lipinski definition) is 6. The molecule has 2 saturated heterocycles. The lowest BCUT2D eigenvalue weighted by Crippen LogP contribution is -2.51. The van der Waals surface area contributed by atoms with Crippen molar-refractivity contribution in [3.63, 3.8) is 0 Å². The van der Waals surface area contributed by atoms with E-state index in [9.17, 15) is 27.9 Å². The molecule has 2 aliphatic rings. The van der Waals surface area contributed by atoms with Crippen LogP contribution in [0, 0.1) is 11.3 Å². The third kappa shape index (κ3) is 7.04. The lowest BCUT2D eigenvalue weighted by atomic mass is 9.73. The molecule has 0 aliphatic carbocycles. The first kappa shape index (κ1) is 33.7. The zero-order valence-electron chi connectivity index (χ0n) is 26.4. The minimum Gasteiger partial charge on any atom is -0.481 e. The minimum atomic E-state index is -4.64. The van der Waals surface area contributed by atoms with Crippen LogP contribution in [0.5, 0.6) is 5.88 Å². The van der Waals surface area contributed by atoms with Gasteiger partial charge < -0.3 is 24.2 Å². The highest BCUT2D eigenvalue weighted by atomic mass is 19.4. The fourth-order valence-corrected chi connectivity index (χ4v) is 6.36. The number of benzene rings is 1. The molecule has 0 unspecified atom stereocenters. The van der Waals surface area contributed by atoms with Crippen molar-refractivity contribution in [2.24, 2.45) is 11.3 Å². The Balaban J connectivity index is 1.88. The van der Waals surface area contributed by atoms with E-state index in [0.717, 1.165) is 24.5 Å². The first-order valence-electron chi connectivity index (χ1n) is 14.9. The fourth-order valence-electron chi connectivity index (χ4n) is 6.36. The summed E-state index contributed by atoms with van der Waals surface area (Å²) in [6.45, 7) is 11.9. The molecule has 2 fully saturated rings. The van der Waals surface area contributed by atoms with Crippen molar-refractivity contribution in [3.05, 3.63) is 58.8 Å². The summed E-state index contributed by atoms with van der Waals surface area (Å²) in [6.07, 6.45) is -3.59. The molecule has 8 nitrogen and oxygen atoms in total. The molecule has 0 spiro atoms. The number of methoxy groups -OCH3 is 1. The number of ether oxygens (including phenoxy) is 3. The average Bonchev–Trinajstić information content (AvgIpc) is 3.31. The van der Waals surface area contributed by atoms with Crippen molar-refractivity contribution in [3.8, 4) is 5.88 Å². The smallest absolute Gasteiger partial charge is 0.417 e. The summed E-state index contributed by atoms with van der Waals surface area (Å²) in [6, 6.07) is 6.43.